The van der Waals surface area contributed by atoms with Gasteiger partial charge in [0.1, 0.15) is 23.9 Å². The lowest BCUT2D eigenvalue weighted by Crippen LogP contribution is -2.18. The Labute approximate surface area is 152 Å². The molecule has 1 aromatic rings. The fourth-order valence-electron chi connectivity index (χ4n) is 4.05. The van der Waals surface area contributed by atoms with Crippen LogP contribution in [0.2, 0.25) is 0 Å². The summed E-state index contributed by atoms with van der Waals surface area (Å²) in [5, 5.41) is 41.8. The first-order valence-corrected chi connectivity index (χ1v) is 8.04. The van der Waals surface area contributed by atoms with E-state index in [1.54, 1.807) is 31.2 Å². The number of benzene rings is 1. The van der Waals surface area contributed by atoms with Gasteiger partial charge in [-0.1, -0.05) is 27.7 Å². The fourth-order valence-corrected chi connectivity index (χ4v) is 4.05. The second-order valence-electron chi connectivity index (χ2n) is 7.73. The number of rotatable bonds is 3. The van der Waals surface area contributed by atoms with Gasteiger partial charge in [-0.2, -0.15) is 15.8 Å². The summed E-state index contributed by atoms with van der Waals surface area (Å²) in [6.45, 7) is 9.64. The van der Waals surface area contributed by atoms with Crippen LogP contribution in [0.15, 0.2) is 17.3 Å². The molecule has 0 aliphatic heterocycles. The molecule has 0 heterocycles. The zero-order valence-electron chi connectivity index (χ0n) is 15.4. The van der Waals surface area contributed by atoms with Crippen molar-refractivity contribution in [3.63, 3.8) is 0 Å². The summed E-state index contributed by atoms with van der Waals surface area (Å²) in [6, 6.07) is 6.91. The highest BCUT2D eigenvalue weighted by Crippen LogP contribution is 2.54. The second kappa shape index (κ2) is 6.17. The normalized spacial score (nSPS) is 15.8. The molecule has 1 aromatic carbocycles. The zero-order valence-corrected chi connectivity index (χ0v) is 15.4. The number of hydrogen-bond acceptors (Lipinski definition) is 6. The van der Waals surface area contributed by atoms with E-state index in [1.165, 1.54) is 0 Å². The maximum Gasteiger partial charge on any atom is 0.278 e. The molecule has 0 amide bonds. The molecule has 0 saturated heterocycles. The van der Waals surface area contributed by atoms with Crippen molar-refractivity contribution in [1.82, 2.24) is 0 Å². The molecule has 0 aromatic heterocycles. The first-order chi connectivity index (χ1) is 12.0. The first-order valence-electron chi connectivity index (χ1n) is 8.04. The summed E-state index contributed by atoms with van der Waals surface area (Å²) in [5.74, 6) is 0. The van der Waals surface area contributed by atoms with E-state index in [1.807, 2.05) is 27.7 Å². The van der Waals surface area contributed by atoms with Crippen molar-refractivity contribution >= 4 is 11.4 Å². The highest BCUT2D eigenvalue weighted by atomic mass is 16.6. The third-order valence-corrected chi connectivity index (χ3v) is 4.87. The average molecular weight is 349 g/mol. The van der Waals surface area contributed by atoms with Gasteiger partial charge in [0.25, 0.3) is 5.69 Å². The quantitative estimate of drug-likeness (QED) is 0.497. The van der Waals surface area contributed by atoms with Crippen molar-refractivity contribution in [3.05, 3.63) is 44.1 Å². The zero-order chi connectivity index (χ0) is 19.9. The Hall–Kier alpha value is -3.37. The summed E-state index contributed by atoms with van der Waals surface area (Å²) in [4.78, 5) is 11.4. The molecule has 0 saturated carbocycles. The Morgan fingerprint density at radius 2 is 1.73 bits per heavy atom. The number of anilines is 1. The number of nitriles is 3. The van der Waals surface area contributed by atoms with Gasteiger partial charge in [-0.05, 0) is 35.8 Å². The van der Waals surface area contributed by atoms with Crippen molar-refractivity contribution in [3.8, 4) is 18.2 Å². The summed E-state index contributed by atoms with van der Waals surface area (Å²) in [5.41, 5.74) is 1.09. The van der Waals surface area contributed by atoms with Crippen LogP contribution in [0.4, 0.5) is 11.4 Å². The summed E-state index contributed by atoms with van der Waals surface area (Å²) in [6.07, 6.45) is 0.752. The minimum Gasteiger partial charge on any atom is -0.345 e. The Morgan fingerprint density at radius 1 is 1.15 bits per heavy atom. The van der Waals surface area contributed by atoms with Crippen LogP contribution in [0.3, 0.4) is 0 Å². The number of allylic oxidation sites excluding steroid dienone is 2. The molecule has 1 N–H and O–H groups in total. The maximum atomic E-state index is 11.8. The molecule has 0 unspecified atom stereocenters. The molecule has 0 fully saturated rings. The molecular formula is C19H19N5O2. The molecule has 0 bridgehead atoms. The van der Waals surface area contributed by atoms with Crippen LogP contribution in [0.5, 0.6) is 0 Å². The van der Waals surface area contributed by atoms with Crippen LogP contribution in [0, 0.1) is 51.0 Å². The largest absolute Gasteiger partial charge is 0.345 e. The van der Waals surface area contributed by atoms with Crippen LogP contribution < -0.4 is 5.32 Å². The number of hydrogen-bond donors (Lipinski definition) is 1. The predicted molar refractivity (Wildman–Crippen MR) is 96.0 cm³/mol. The molecule has 0 spiro atoms. The fraction of sp³-hybridized carbons (Fsp3) is 0.421. The van der Waals surface area contributed by atoms with Gasteiger partial charge in [0.05, 0.1) is 10.5 Å². The van der Waals surface area contributed by atoms with E-state index in [-0.39, 0.29) is 27.8 Å². The van der Waals surface area contributed by atoms with E-state index in [0.29, 0.717) is 16.8 Å². The SMILES string of the molecule is Cc1c(NC(C#N)=C(C#N)C#N)cc2c(c1[N+](=O)[O-])C(C)(C)CC2(C)C. The molecule has 132 valence electrons. The van der Waals surface area contributed by atoms with E-state index in [2.05, 4.69) is 5.32 Å². The van der Waals surface area contributed by atoms with Gasteiger partial charge in [0.15, 0.2) is 5.57 Å². The highest BCUT2D eigenvalue weighted by Gasteiger charge is 2.47. The molecule has 1 aliphatic carbocycles. The van der Waals surface area contributed by atoms with Gasteiger partial charge < -0.3 is 5.32 Å². The molecule has 2 rings (SSSR count). The highest BCUT2D eigenvalue weighted by molar-refractivity contribution is 5.73. The van der Waals surface area contributed by atoms with Crippen molar-refractivity contribution in [2.75, 3.05) is 5.32 Å². The molecule has 0 atom stereocenters. The van der Waals surface area contributed by atoms with Crippen LogP contribution >= 0.6 is 0 Å². The van der Waals surface area contributed by atoms with Crippen molar-refractivity contribution in [2.45, 2.75) is 51.9 Å². The van der Waals surface area contributed by atoms with Gasteiger partial charge in [-0.3, -0.25) is 10.1 Å². The standard InChI is InChI=1S/C19H19N5O2/c1-11-14(23-15(9-22)12(7-20)8-21)6-13-16(17(11)24(25)26)19(4,5)10-18(13,2)3/h6,23H,10H2,1-5H3. The summed E-state index contributed by atoms with van der Waals surface area (Å²) >= 11 is 0. The lowest BCUT2D eigenvalue weighted by atomic mass is 9.81. The van der Waals surface area contributed by atoms with Crippen molar-refractivity contribution < 1.29 is 4.92 Å². The van der Waals surface area contributed by atoms with E-state index in [0.717, 1.165) is 12.0 Å². The van der Waals surface area contributed by atoms with Gasteiger partial charge in [0.2, 0.25) is 0 Å². The lowest BCUT2D eigenvalue weighted by Gasteiger charge is -2.22. The Kier molecular flexibility index (Phi) is 4.50. The first kappa shape index (κ1) is 19.0. The van der Waals surface area contributed by atoms with Crippen molar-refractivity contribution in [2.24, 2.45) is 0 Å². The van der Waals surface area contributed by atoms with Crippen LogP contribution in [-0.4, -0.2) is 4.92 Å². The topological polar surface area (TPSA) is 127 Å². The van der Waals surface area contributed by atoms with Gasteiger partial charge in [0, 0.05) is 11.3 Å². The molecule has 26 heavy (non-hydrogen) atoms. The van der Waals surface area contributed by atoms with E-state index in [4.69, 9.17) is 10.5 Å². The minimum atomic E-state index is -0.395. The van der Waals surface area contributed by atoms with Gasteiger partial charge in [-0.15, -0.1) is 0 Å². The smallest absolute Gasteiger partial charge is 0.278 e. The predicted octanol–water partition coefficient (Wildman–Crippen LogP) is 4.10. The number of nitrogens with one attached hydrogen (secondary N) is 1. The number of nitrogens with zero attached hydrogens (tertiary/aromatic N) is 4. The third-order valence-electron chi connectivity index (χ3n) is 4.87. The average Bonchev–Trinajstić information content (AvgIpc) is 2.71. The Balaban J connectivity index is 2.82. The second-order valence-corrected chi connectivity index (χ2v) is 7.73. The maximum absolute atomic E-state index is 11.8. The number of nitro groups is 1. The summed E-state index contributed by atoms with van der Waals surface area (Å²) < 4.78 is 0. The van der Waals surface area contributed by atoms with Crippen LogP contribution in [0.1, 0.15) is 50.8 Å². The van der Waals surface area contributed by atoms with E-state index < -0.39 is 4.92 Å². The van der Waals surface area contributed by atoms with E-state index >= 15 is 0 Å². The van der Waals surface area contributed by atoms with E-state index in [9.17, 15) is 15.4 Å². The molecule has 7 heteroatoms. The third kappa shape index (κ3) is 2.87. The van der Waals surface area contributed by atoms with Crippen LogP contribution in [0.25, 0.3) is 0 Å². The Bertz CT molecular complexity index is 950. The Morgan fingerprint density at radius 3 is 2.19 bits per heavy atom. The number of fused-ring (bicyclic) bond motifs is 1. The summed E-state index contributed by atoms with van der Waals surface area (Å²) in [7, 11) is 0. The minimum absolute atomic E-state index is 0.0216. The number of nitro benzene ring substituents is 1. The molecular weight excluding hydrogens is 330 g/mol. The van der Waals surface area contributed by atoms with Crippen LogP contribution in [-0.2, 0) is 10.8 Å². The molecule has 7 nitrogen and oxygen atoms in total. The lowest BCUT2D eigenvalue weighted by molar-refractivity contribution is -0.386. The monoisotopic (exact) mass is 349 g/mol. The van der Waals surface area contributed by atoms with Crippen molar-refractivity contribution in [1.29, 1.82) is 15.8 Å². The molecule has 1 aliphatic rings. The van der Waals surface area contributed by atoms with Gasteiger partial charge in [-0.25, -0.2) is 0 Å². The van der Waals surface area contributed by atoms with Gasteiger partial charge >= 0.3 is 0 Å². The molecule has 0 radical (unpaired) electrons.